The summed E-state index contributed by atoms with van der Waals surface area (Å²) in [7, 11) is 0. The van der Waals surface area contributed by atoms with Crippen molar-refractivity contribution in [1.29, 1.82) is 0 Å². The van der Waals surface area contributed by atoms with E-state index < -0.39 is 6.43 Å². The lowest BCUT2D eigenvalue weighted by molar-refractivity contribution is 0.103. The van der Waals surface area contributed by atoms with E-state index in [0.717, 1.165) is 0 Å². The molecule has 0 aliphatic carbocycles. The number of aryl methyl sites for hydroxylation is 1. The predicted octanol–water partition coefficient (Wildman–Crippen LogP) is 3.56. The average molecular weight is 247 g/mol. The van der Waals surface area contributed by atoms with Gasteiger partial charge in [0.1, 0.15) is 5.69 Å². The number of alkyl halides is 2. The van der Waals surface area contributed by atoms with Crippen LogP contribution in [0.1, 0.15) is 33.6 Å². The van der Waals surface area contributed by atoms with Crippen molar-refractivity contribution in [3.05, 3.63) is 65.0 Å². The first-order valence-electron chi connectivity index (χ1n) is 5.43. The second kappa shape index (κ2) is 5.04. The number of rotatable bonds is 3. The highest BCUT2D eigenvalue weighted by atomic mass is 19.3. The normalized spacial score (nSPS) is 10.7. The number of hydrogen-bond acceptors (Lipinski definition) is 2. The van der Waals surface area contributed by atoms with E-state index in [1.54, 1.807) is 31.2 Å². The first kappa shape index (κ1) is 12.4. The lowest BCUT2D eigenvalue weighted by Gasteiger charge is -2.06. The number of ketones is 1. The van der Waals surface area contributed by atoms with Gasteiger partial charge in [-0.1, -0.05) is 12.1 Å². The van der Waals surface area contributed by atoms with Gasteiger partial charge in [0.25, 0.3) is 6.43 Å². The van der Waals surface area contributed by atoms with Crippen LogP contribution in [-0.4, -0.2) is 10.8 Å². The maximum atomic E-state index is 12.7. The van der Waals surface area contributed by atoms with Crippen molar-refractivity contribution in [2.24, 2.45) is 0 Å². The van der Waals surface area contributed by atoms with Gasteiger partial charge in [-0.2, -0.15) is 0 Å². The van der Waals surface area contributed by atoms with Crippen LogP contribution in [0.3, 0.4) is 0 Å². The summed E-state index contributed by atoms with van der Waals surface area (Å²) in [5.41, 5.74) is 0.980. The Morgan fingerprint density at radius 3 is 2.61 bits per heavy atom. The first-order valence-corrected chi connectivity index (χ1v) is 5.43. The Morgan fingerprint density at radius 2 is 2.00 bits per heavy atom. The Bertz CT molecular complexity index is 567. The fourth-order valence-electron chi connectivity index (χ4n) is 1.71. The van der Waals surface area contributed by atoms with Crippen LogP contribution in [-0.2, 0) is 0 Å². The van der Waals surface area contributed by atoms with Crippen molar-refractivity contribution in [3.8, 4) is 0 Å². The maximum Gasteiger partial charge on any atom is 0.263 e. The molecule has 0 saturated heterocycles. The summed E-state index contributed by atoms with van der Waals surface area (Å²) in [6.07, 6.45) is -1.09. The second-order valence-corrected chi connectivity index (χ2v) is 3.98. The van der Waals surface area contributed by atoms with Gasteiger partial charge in [0.05, 0.1) is 0 Å². The molecule has 2 rings (SSSR count). The molecule has 0 unspecified atom stereocenters. The topological polar surface area (TPSA) is 30.0 Å². The monoisotopic (exact) mass is 247 g/mol. The molecule has 1 aromatic carbocycles. The number of carbonyl (C=O) groups is 1. The Balaban J connectivity index is 2.42. The molecule has 0 saturated carbocycles. The Hall–Kier alpha value is -2.10. The van der Waals surface area contributed by atoms with Gasteiger partial charge in [-0.15, -0.1) is 0 Å². The van der Waals surface area contributed by atoms with E-state index in [2.05, 4.69) is 4.98 Å². The summed E-state index contributed by atoms with van der Waals surface area (Å²) in [6, 6.07) is 9.12. The van der Waals surface area contributed by atoms with Crippen molar-refractivity contribution in [3.63, 3.8) is 0 Å². The molecule has 0 aliphatic heterocycles. The van der Waals surface area contributed by atoms with Crippen molar-refractivity contribution >= 4 is 5.78 Å². The van der Waals surface area contributed by atoms with E-state index in [9.17, 15) is 13.6 Å². The van der Waals surface area contributed by atoms with E-state index in [1.165, 1.54) is 18.3 Å². The minimum Gasteiger partial charge on any atom is -0.287 e. The number of benzene rings is 1. The van der Waals surface area contributed by atoms with Crippen LogP contribution in [0.2, 0.25) is 0 Å². The minimum atomic E-state index is -2.58. The highest BCUT2D eigenvalue weighted by Crippen LogP contribution is 2.22. The van der Waals surface area contributed by atoms with Gasteiger partial charge in [-0.05, 0) is 36.8 Å². The van der Waals surface area contributed by atoms with Crippen LogP contribution < -0.4 is 0 Å². The van der Waals surface area contributed by atoms with Gasteiger partial charge < -0.3 is 0 Å². The molecule has 1 heterocycles. The first-order chi connectivity index (χ1) is 8.58. The van der Waals surface area contributed by atoms with Crippen LogP contribution in [0, 0.1) is 6.92 Å². The molecule has 0 aliphatic rings. The lowest BCUT2D eigenvalue weighted by atomic mass is 10.0. The third-order valence-corrected chi connectivity index (χ3v) is 2.51. The Labute approximate surface area is 103 Å². The van der Waals surface area contributed by atoms with Crippen LogP contribution in [0.5, 0.6) is 0 Å². The molecule has 0 spiro atoms. The van der Waals surface area contributed by atoms with E-state index in [1.807, 2.05) is 0 Å². The predicted molar refractivity (Wildman–Crippen MR) is 63.8 cm³/mol. The van der Waals surface area contributed by atoms with Crippen LogP contribution >= 0.6 is 0 Å². The highest BCUT2D eigenvalue weighted by molar-refractivity contribution is 6.07. The molecule has 0 amide bonds. The summed E-state index contributed by atoms with van der Waals surface area (Å²) in [5.74, 6) is -0.346. The largest absolute Gasteiger partial charge is 0.287 e. The molecule has 2 aromatic rings. The zero-order chi connectivity index (χ0) is 13.1. The number of halogens is 2. The molecule has 0 bridgehead atoms. The fourth-order valence-corrected chi connectivity index (χ4v) is 1.71. The summed E-state index contributed by atoms with van der Waals surface area (Å²) in [6.45, 7) is 1.68. The minimum absolute atomic E-state index is 0.144. The maximum absolute atomic E-state index is 12.7. The zero-order valence-electron chi connectivity index (χ0n) is 9.73. The van der Waals surface area contributed by atoms with Crippen molar-refractivity contribution in [2.75, 3.05) is 0 Å². The van der Waals surface area contributed by atoms with Gasteiger partial charge in [0.2, 0.25) is 5.78 Å². The van der Waals surface area contributed by atoms with Gasteiger partial charge in [0, 0.05) is 17.3 Å². The third kappa shape index (κ3) is 2.59. The van der Waals surface area contributed by atoms with E-state index in [0.29, 0.717) is 5.56 Å². The van der Waals surface area contributed by atoms with Crippen LogP contribution in [0.15, 0.2) is 42.6 Å². The molecular formula is C14H11F2NO. The van der Waals surface area contributed by atoms with E-state index in [4.69, 9.17) is 0 Å². The molecule has 0 N–H and O–H groups in total. The summed E-state index contributed by atoms with van der Waals surface area (Å²) in [4.78, 5) is 16.0. The SMILES string of the molecule is Cc1cc(C(=O)c2ccccn2)cc(C(F)F)c1. The quantitative estimate of drug-likeness (QED) is 0.776. The number of aromatic nitrogens is 1. The molecule has 1 aromatic heterocycles. The number of pyridine rings is 1. The zero-order valence-corrected chi connectivity index (χ0v) is 9.73. The molecule has 0 fully saturated rings. The molecule has 0 radical (unpaired) electrons. The van der Waals surface area contributed by atoms with Crippen molar-refractivity contribution < 1.29 is 13.6 Å². The van der Waals surface area contributed by atoms with Crippen LogP contribution in [0.25, 0.3) is 0 Å². The van der Waals surface area contributed by atoms with Crippen molar-refractivity contribution in [2.45, 2.75) is 13.3 Å². The van der Waals surface area contributed by atoms with E-state index >= 15 is 0 Å². The lowest BCUT2D eigenvalue weighted by Crippen LogP contribution is -2.05. The fraction of sp³-hybridized carbons (Fsp3) is 0.143. The average Bonchev–Trinajstić information content (AvgIpc) is 2.38. The summed E-state index contributed by atoms with van der Waals surface area (Å²) >= 11 is 0. The number of hydrogen-bond donors (Lipinski definition) is 0. The number of carbonyl (C=O) groups excluding carboxylic acids is 1. The molecule has 2 nitrogen and oxygen atoms in total. The van der Waals surface area contributed by atoms with Gasteiger partial charge >= 0.3 is 0 Å². The summed E-state index contributed by atoms with van der Waals surface area (Å²) in [5, 5.41) is 0. The molecular weight excluding hydrogens is 236 g/mol. The highest BCUT2D eigenvalue weighted by Gasteiger charge is 2.14. The van der Waals surface area contributed by atoms with Crippen molar-refractivity contribution in [1.82, 2.24) is 4.98 Å². The van der Waals surface area contributed by atoms with Gasteiger partial charge in [-0.3, -0.25) is 9.78 Å². The summed E-state index contributed by atoms with van der Waals surface area (Å²) < 4.78 is 25.3. The van der Waals surface area contributed by atoms with Gasteiger partial charge in [-0.25, -0.2) is 8.78 Å². The molecule has 92 valence electrons. The van der Waals surface area contributed by atoms with E-state index in [-0.39, 0.29) is 22.6 Å². The van der Waals surface area contributed by atoms with Crippen LogP contribution in [0.4, 0.5) is 8.78 Å². The molecule has 0 atom stereocenters. The Kier molecular flexibility index (Phi) is 3.46. The molecule has 4 heteroatoms. The van der Waals surface area contributed by atoms with Gasteiger partial charge in [0.15, 0.2) is 0 Å². The second-order valence-electron chi connectivity index (χ2n) is 3.98. The third-order valence-electron chi connectivity index (χ3n) is 2.51. The standard InChI is InChI=1S/C14H11F2NO/c1-9-6-10(8-11(7-9)14(15)16)13(18)12-4-2-3-5-17-12/h2-8,14H,1H3. The smallest absolute Gasteiger partial charge is 0.263 e. The number of nitrogens with zero attached hydrogens (tertiary/aromatic N) is 1. The Morgan fingerprint density at radius 1 is 1.22 bits per heavy atom. The molecule has 18 heavy (non-hydrogen) atoms.